The summed E-state index contributed by atoms with van der Waals surface area (Å²) in [5.41, 5.74) is 1.12. The molecule has 4 heteroatoms. The molecule has 0 radical (unpaired) electrons. The number of esters is 1. The molecule has 3 rings (SSSR count). The van der Waals surface area contributed by atoms with Gasteiger partial charge in [0, 0.05) is 0 Å². The van der Waals surface area contributed by atoms with E-state index in [1.807, 2.05) is 25.1 Å². The van der Waals surface area contributed by atoms with Gasteiger partial charge in [-0.3, -0.25) is 4.79 Å². The lowest BCUT2D eigenvalue weighted by molar-refractivity contribution is -0.162. The molecule has 4 nitrogen and oxygen atoms in total. The third-order valence-corrected chi connectivity index (χ3v) is 6.77. The van der Waals surface area contributed by atoms with Crippen LogP contribution in [0.25, 0.3) is 0 Å². The number of methoxy groups -OCH3 is 1. The summed E-state index contributed by atoms with van der Waals surface area (Å²) >= 11 is 0. The topological polar surface area (TPSA) is 66.8 Å². The Bertz CT molecular complexity index is 690. The number of aliphatic hydroxyl groups excluding tert-OH is 1. The van der Waals surface area contributed by atoms with Crippen LogP contribution in [0.4, 0.5) is 0 Å². The summed E-state index contributed by atoms with van der Waals surface area (Å²) in [6.07, 6.45) is 2.67. The van der Waals surface area contributed by atoms with Crippen molar-refractivity contribution in [3.05, 3.63) is 34.9 Å². The molecule has 2 aliphatic rings. The smallest absolute Gasteiger partial charge is 0.311 e. The molecule has 0 bridgehead atoms. The van der Waals surface area contributed by atoms with Crippen molar-refractivity contribution in [1.82, 2.24) is 0 Å². The van der Waals surface area contributed by atoms with E-state index in [2.05, 4.69) is 6.92 Å². The standard InChI is InChI=1S/C21H30O4/c1-19(2,24)13-7-8-15-14(11-13)16(22)12-17-20(15,3)9-6-10-21(17,4)18(23)25-5/h7-8,11,16-17,22,24H,6,9-10,12H2,1-5H3/t16-,17-,20-,21-/m0/s1. The minimum absolute atomic E-state index is 0.0386. The number of hydrogen-bond acceptors (Lipinski definition) is 4. The lowest BCUT2D eigenvalue weighted by Gasteiger charge is -2.55. The van der Waals surface area contributed by atoms with Crippen molar-refractivity contribution in [3.63, 3.8) is 0 Å². The zero-order chi connectivity index (χ0) is 18.6. The Labute approximate surface area is 150 Å². The van der Waals surface area contributed by atoms with Crippen LogP contribution in [0.1, 0.15) is 76.2 Å². The van der Waals surface area contributed by atoms with Crippen molar-refractivity contribution in [2.24, 2.45) is 11.3 Å². The Morgan fingerprint density at radius 2 is 1.96 bits per heavy atom. The van der Waals surface area contributed by atoms with Gasteiger partial charge in [0.05, 0.1) is 24.2 Å². The van der Waals surface area contributed by atoms with Crippen LogP contribution < -0.4 is 0 Å². The normalized spacial score (nSPS) is 34.8. The molecular weight excluding hydrogens is 316 g/mol. The van der Waals surface area contributed by atoms with Crippen LogP contribution in [0.3, 0.4) is 0 Å². The van der Waals surface area contributed by atoms with Crippen LogP contribution in [0.5, 0.6) is 0 Å². The van der Waals surface area contributed by atoms with Crippen LogP contribution in [0.2, 0.25) is 0 Å². The predicted molar refractivity (Wildman–Crippen MR) is 96.1 cm³/mol. The monoisotopic (exact) mass is 346 g/mol. The van der Waals surface area contributed by atoms with Crippen molar-refractivity contribution in [3.8, 4) is 0 Å². The number of carbonyl (C=O) groups is 1. The third-order valence-electron chi connectivity index (χ3n) is 6.77. The fourth-order valence-electron chi connectivity index (χ4n) is 5.28. The number of hydrogen-bond donors (Lipinski definition) is 2. The Morgan fingerprint density at radius 3 is 2.56 bits per heavy atom. The average Bonchev–Trinajstić information content (AvgIpc) is 2.55. The molecule has 0 aliphatic heterocycles. The van der Waals surface area contributed by atoms with Crippen molar-refractivity contribution in [2.75, 3.05) is 7.11 Å². The lowest BCUT2D eigenvalue weighted by atomic mass is 9.49. The molecule has 0 amide bonds. The summed E-state index contributed by atoms with van der Waals surface area (Å²) in [6, 6.07) is 5.93. The highest BCUT2D eigenvalue weighted by molar-refractivity contribution is 5.77. The molecule has 1 aromatic carbocycles. The van der Waals surface area contributed by atoms with Crippen LogP contribution in [0, 0.1) is 11.3 Å². The first-order valence-corrected chi connectivity index (χ1v) is 9.18. The molecule has 2 aliphatic carbocycles. The SMILES string of the molecule is COC(=O)[C@@]1(C)CCC[C@@]2(C)c3ccc(C(C)(C)O)cc3[C@@H](O)C[C@@H]21. The zero-order valence-corrected chi connectivity index (χ0v) is 15.9. The summed E-state index contributed by atoms with van der Waals surface area (Å²) in [5, 5.41) is 21.2. The molecule has 138 valence electrons. The molecule has 1 fully saturated rings. The first-order chi connectivity index (χ1) is 11.5. The van der Waals surface area contributed by atoms with E-state index in [-0.39, 0.29) is 17.3 Å². The number of aliphatic hydroxyl groups is 2. The molecule has 2 N–H and O–H groups in total. The second kappa shape index (κ2) is 5.82. The largest absolute Gasteiger partial charge is 0.469 e. The molecule has 0 saturated heterocycles. The van der Waals surface area contributed by atoms with E-state index < -0.39 is 17.1 Å². The van der Waals surface area contributed by atoms with E-state index in [0.717, 1.165) is 36.0 Å². The van der Waals surface area contributed by atoms with E-state index >= 15 is 0 Å². The van der Waals surface area contributed by atoms with Crippen LogP contribution in [-0.4, -0.2) is 23.3 Å². The number of ether oxygens (including phenoxy) is 1. The second-order valence-corrected chi connectivity index (χ2v) is 8.85. The van der Waals surface area contributed by atoms with E-state index in [4.69, 9.17) is 4.74 Å². The van der Waals surface area contributed by atoms with E-state index in [1.165, 1.54) is 7.11 Å². The Hall–Kier alpha value is -1.39. The van der Waals surface area contributed by atoms with Crippen LogP contribution >= 0.6 is 0 Å². The third kappa shape index (κ3) is 2.70. The zero-order valence-electron chi connectivity index (χ0n) is 15.9. The molecule has 1 saturated carbocycles. The molecule has 0 unspecified atom stereocenters. The molecule has 1 aromatic rings. The fourth-order valence-corrected chi connectivity index (χ4v) is 5.28. The van der Waals surface area contributed by atoms with Crippen molar-refractivity contribution in [1.29, 1.82) is 0 Å². The van der Waals surface area contributed by atoms with Crippen LogP contribution in [0.15, 0.2) is 18.2 Å². The predicted octanol–water partition coefficient (Wildman–Crippen LogP) is 3.59. The fraction of sp³-hybridized carbons (Fsp3) is 0.667. The van der Waals surface area contributed by atoms with Gasteiger partial charge in [-0.1, -0.05) is 31.5 Å². The lowest BCUT2D eigenvalue weighted by Crippen LogP contribution is -2.53. The van der Waals surface area contributed by atoms with Gasteiger partial charge in [-0.15, -0.1) is 0 Å². The van der Waals surface area contributed by atoms with Gasteiger partial charge in [-0.2, -0.15) is 0 Å². The quantitative estimate of drug-likeness (QED) is 0.803. The van der Waals surface area contributed by atoms with Gasteiger partial charge in [0.1, 0.15) is 0 Å². The summed E-state index contributed by atoms with van der Waals surface area (Å²) < 4.78 is 5.12. The maximum atomic E-state index is 12.6. The Balaban J connectivity index is 2.13. The van der Waals surface area contributed by atoms with Crippen molar-refractivity contribution >= 4 is 5.97 Å². The summed E-state index contributed by atoms with van der Waals surface area (Å²) in [4.78, 5) is 12.6. The number of carbonyl (C=O) groups excluding carboxylic acids is 1. The highest BCUT2D eigenvalue weighted by Gasteiger charge is 2.57. The van der Waals surface area contributed by atoms with E-state index in [9.17, 15) is 15.0 Å². The maximum absolute atomic E-state index is 12.6. The summed E-state index contributed by atoms with van der Waals surface area (Å²) in [5.74, 6) is -0.135. The maximum Gasteiger partial charge on any atom is 0.311 e. The van der Waals surface area contributed by atoms with Gasteiger partial charge in [0.25, 0.3) is 0 Å². The van der Waals surface area contributed by atoms with Gasteiger partial charge < -0.3 is 14.9 Å². The Kier molecular flexibility index (Phi) is 4.28. The molecule has 0 aromatic heterocycles. The van der Waals surface area contributed by atoms with Gasteiger partial charge >= 0.3 is 5.97 Å². The highest BCUT2D eigenvalue weighted by atomic mass is 16.5. The molecule has 0 heterocycles. The molecule has 4 atom stereocenters. The van der Waals surface area contributed by atoms with Crippen molar-refractivity contribution < 1.29 is 19.7 Å². The van der Waals surface area contributed by atoms with Crippen molar-refractivity contribution in [2.45, 2.75) is 70.5 Å². The number of rotatable bonds is 2. The number of fused-ring (bicyclic) bond motifs is 3. The van der Waals surface area contributed by atoms with Crippen LogP contribution in [-0.2, 0) is 20.5 Å². The molecular formula is C21H30O4. The van der Waals surface area contributed by atoms with E-state index in [1.54, 1.807) is 13.8 Å². The number of benzene rings is 1. The first kappa shape index (κ1) is 18.4. The van der Waals surface area contributed by atoms with Gasteiger partial charge in [0.2, 0.25) is 0 Å². The highest BCUT2D eigenvalue weighted by Crippen LogP contribution is 2.59. The molecule has 25 heavy (non-hydrogen) atoms. The molecule has 0 spiro atoms. The minimum atomic E-state index is -0.945. The van der Waals surface area contributed by atoms with E-state index in [0.29, 0.717) is 6.42 Å². The van der Waals surface area contributed by atoms with Gasteiger partial charge in [0.15, 0.2) is 0 Å². The minimum Gasteiger partial charge on any atom is -0.469 e. The average molecular weight is 346 g/mol. The first-order valence-electron chi connectivity index (χ1n) is 9.18. The summed E-state index contributed by atoms with van der Waals surface area (Å²) in [7, 11) is 1.45. The summed E-state index contributed by atoms with van der Waals surface area (Å²) in [6.45, 7) is 7.71. The Morgan fingerprint density at radius 1 is 1.28 bits per heavy atom. The van der Waals surface area contributed by atoms with Gasteiger partial charge in [-0.25, -0.2) is 0 Å². The second-order valence-electron chi connectivity index (χ2n) is 8.85. The van der Waals surface area contributed by atoms with Gasteiger partial charge in [-0.05, 0) is 68.1 Å².